The summed E-state index contributed by atoms with van der Waals surface area (Å²) in [5.74, 6) is -2.33. The average molecular weight is 344 g/mol. The fraction of sp³-hybridized carbons (Fsp3) is 0.0769. The summed E-state index contributed by atoms with van der Waals surface area (Å²) >= 11 is 3.06. The van der Waals surface area contributed by atoms with Gasteiger partial charge in [-0.05, 0) is 39.7 Å². The number of nitrogens with zero attached hydrogens (tertiary/aromatic N) is 1. The molecule has 0 atom stereocenters. The molecule has 20 heavy (non-hydrogen) atoms. The quantitative estimate of drug-likeness (QED) is 0.617. The van der Waals surface area contributed by atoms with Gasteiger partial charge in [0, 0.05) is 6.07 Å². The molecule has 104 valence electrons. The van der Waals surface area contributed by atoms with Crippen molar-refractivity contribution in [2.75, 3.05) is 0 Å². The second-order valence-corrected chi connectivity index (χ2v) is 4.74. The lowest BCUT2D eigenvalue weighted by Crippen LogP contribution is -2.00. The Hall–Kier alpha value is -2.02. The Morgan fingerprint density at radius 1 is 1.25 bits per heavy atom. The van der Waals surface area contributed by atoms with Crippen molar-refractivity contribution in [2.45, 2.75) is 6.61 Å². The van der Waals surface area contributed by atoms with Gasteiger partial charge in [0.15, 0.2) is 11.6 Å². The van der Waals surface area contributed by atoms with Crippen LogP contribution in [-0.4, -0.2) is 4.92 Å². The van der Waals surface area contributed by atoms with Crippen LogP contribution in [0.15, 0.2) is 40.9 Å². The molecule has 0 aromatic heterocycles. The highest BCUT2D eigenvalue weighted by Crippen LogP contribution is 2.27. The third-order valence-electron chi connectivity index (χ3n) is 2.52. The maximum atomic E-state index is 13.4. The topological polar surface area (TPSA) is 52.4 Å². The van der Waals surface area contributed by atoms with Crippen LogP contribution >= 0.6 is 15.9 Å². The van der Waals surface area contributed by atoms with E-state index in [1.165, 1.54) is 24.3 Å². The predicted molar refractivity (Wildman–Crippen MR) is 71.5 cm³/mol. The van der Waals surface area contributed by atoms with Gasteiger partial charge in [0.1, 0.15) is 6.61 Å². The third kappa shape index (κ3) is 3.11. The van der Waals surface area contributed by atoms with E-state index >= 15 is 0 Å². The largest absolute Gasteiger partial charge is 0.486 e. The molecular formula is C13H8BrF2NO3. The van der Waals surface area contributed by atoms with Crippen molar-refractivity contribution >= 4 is 21.6 Å². The summed E-state index contributed by atoms with van der Waals surface area (Å²) < 4.78 is 31.8. The van der Waals surface area contributed by atoms with E-state index in [1.54, 1.807) is 6.07 Å². The van der Waals surface area contributed by atoms with Crippen LogP contribution < -0.4 is 4.74 Å². The van der Waals surface area contributed by atoms with Crippen molar-refractivity contribution in [1.82, 2.24) is 0 Å². The Bertz CT molecular complexity index is 664. The first-order chi connectivity index (χ1) is 9.49. The molecule has 0 heterocycles. The predicted octanol–water partition coefficient (Wildman–Crippen LogP) is 4.21. The molecule has 0 N–H and O–H groups in total. The SMILES string of the molecule is O=[N+]([O-])c1cc(COc2cccc(F)c2F)ccc1Br. The maximum Gasteiger partial charge on any atom is 0.283 e. The van der Waals surface area contributed by atoms with Gasteiger partial charge < -0.3 is 4.74 Å². The van der Waals surface area contributed by atoms with E-state index in [9.17, 15) is 18.9 Å². The van der Waals surface area contributed by atoms with Gasteiger partial charge >= 0.3 is 0 Å². The highest BCUT2D eigenvalue weighted by molar-refractivity contribution is 9.10. The molecule has 0 saturated carbocycles. The van der Waals surface area contributed by atoms with Crippen LogP contribution in [0.3, 0.4) is 0 Å². The molecule has 0 fully saturated rings. The van der Waals surface area contributed by atoms with Crippen LogP contribution in [0, 0.1) is 21.7 Å². The van der Waals surface area contributed by atoms with Crippen LogP contribution in [-0.2, 0) is 6.61 Å². The first-order valence-corrected chi connectivity index (χ1v) is 6.28. The summed E-state index contributed by atoms with van der Waals surface area (Å²) in [4.78, 5) is 10.2. The molecular weight excluding hydrogens is 336 g/mol. The number of nitro benzene ring substituents is 1. The minimum atomic E-state index is -1.08. The van der Waals surface area contributed by atoms with Gasteiger partial charge in [-0.15, -0.1) is 0 Å². The molecule has 0 unspecified atom stereocenters. The van der Waals surface area contributed by atoms with Crippen LogP contribution in [0.5, 0.6) is 5.75 Å². The lowest BCUT2D eigenvalue weighted by Gasteiger charge is -2.08. The lowest BCUT2D eigenvalue weighted by molar-refractivity contribution is -0.385. The van der Waals surface area contributed by atoms with Gasteiger partial charge in [-0.1, -0.05) is 12.1 Å². The number of nitro groups is 1. The highest BCUT2D eigenvalue weighted by Gasteiger charge is 2.13. The standard InChI is InChI=1S/C13H8BrF2NO3/c14-9-5-4-8(6-11(9)17(18)19)7-20-12-3-1-2-10(15)13(12)16/h1-6H,7H2. The van der Waals surface area contributed by atoms with Gasteiger partial charge in [0.05, 0.1) is 9.40 Å². The van der Waals surface area contributed by atoms with E-state index in [4.69, 9.17) is 4.74 Å². The number of hydrogen-bond donors (Lipinski definition) is 0. The Morgan fingerprint density at radius 3 is 2.70 bits per heavy atom. The Morgan fingerprint density at radius 2 is 2.00 bits per heavy atom. The Labute approximate surface area is 121 Å². The van der Waals surface area contributed by atoms with Crippen LogP contribution in [0.25, 0.3) is 0 Å². The van der Waals surface area contributed by atoms with E-state index in [-0.39, 0.29) is 18.0 Å². The number of benzene rings is 2. The molecule has 0 saturated heterocycles. The molecule has 0 spiro atoms. The van der Waals surface area contributed by atoms with Crippen molar-refractivity contribution in [3.05, 3.63) is 68.2 Å². The Kier molecular flexibility index (Phi) is 4.29. The molecule has 7 heteroatoms. The summed E-state index contributed by atoms with van der Waals surface area (Å²) in [6.07, 6.45) is 0. The lowest BCUT2D eigenvalue weighted by atomic mass is 10.2. The second kappa shape index (κ2) is 5.96. The van der Waals surface area contributed by atoms with Gasteiger partial charge in [0.25, 0.3) is 5.69 Å². The Balaban J connectivity index is 2.17. The van der Waals surface area contributed by atoms with E-state index in [2.05, 4.69) is 15.9 Å². The molecule has 2 rings (SSSR count). The van der Waals surface area contributed by atoms with Crippen LogP contribution in [0.4, 0.5) is 14.5 Å². The van der Waals surface area contributed by atoms with Gasteiger partial charge in [-0.2, -0.15) is 4.39 Å². The summed E-state index contributed by atoms with van der Waals surface area (Å²) in [6.45, 7) is -0.103. The van der Waals surface area contributed by atoms with Crippen molar-refractivity contribution in [3.8, 4) is 5.75 Å². The summed E-state index contributed by atoms with van der Waals surface area (Å²) in [6, 6.07) is 7.98. The number of ether oxygens (including phenoxy) is 1. The van der Waals surface area contributed by atoms with Crippen molar-refractivity contribution in [2.24, 2.45) is 0 Å². The number of hydrogen-bond acceptors (Lipinski definition) is 3. The number of rotatable bonds is 4. The zero-order valence-electron chi connectivity index (χ0n) is 9.98. The molecule has 2 aromatic carbocycles. The molecule has 0 bridgehead atoms. The minimum absolute atomic E-state index is 0.103. The second-order valence-electron chi connectivity index (χ2n) is 3.88. The third-order valence-corrected chi connectivity index (χ3v) is 3.19. The van der Waals surface area contributed by atoms with Crippen molar-refractivity contribution in [3.63, 3.8) is 0 Å². The van der Waals surface area contributed by atoms with Gasteiger partial charge in [-0.25, -0.2) is 4.39 Å². The van der Waals surface area contributed by atoms with Crippen LogP contribution in [0.1, 0.15) is 5.56 Å². The van der Waals surface area contributed by atoms with E-state index in [1.807, 2.05) is 0 Å². The fourth-order valence-corrected chi connectivity index (χ4v) is 1.94. The summed E-state index contributed by atoms with van der Waals surface area (Å²) in [5.41, 5.74) is 0.356. The minimum Gasteiger partial charge on any atom is -0.486 e. The van der Waals surface area contributed by atoms with E-state index in [0.717, 1.165) is 6.07 Å². The molecule has 0 aliphatic heterocycles. The monoisotopic (exact) mass is 343 g/mol. The van der Waals surface area contributed by atoms with E-state index < -0.39 is 16.6 Å². The molecule has 0 amide bonds. The molecule has 0 aliphatic carbocycles. The molecule has 4 nitrogen and oxygen atoms in total. The fourth-order valence-electron chi connectivity index (χ4n) is 1.54. The van der Waals surface area contributed by atoms with Gasteiger partial charge in [0.2, 0.25) is 5.82 Å². The first-order valence-electron chi connectivity index (χ1n) is 5.48. The van der Waals surface area contributed by atoms with Gasteiger partial charge in [-0.3, -0.25) is 10.1 Å². The smallest absolute Gasteiger partial charge is 0.283 e. The van der Waals surface area contributed by atoms with E-state index in [0.29, 0.717) is 10.0 Å². The highest BCUT2D eigenvalue weighted by atomic mass is 79.9. The first kappa shape index (κ1) is 14.4. The average Bonchev–Trinajstić information content (AvgIpc) is 2.41. The zero-order chi connectivity index (χ0) is 14.7. The zero-order valence-corrected chi connectivity index (χ0v) is 11.6. The molecule has 0 aliphatic rings. The summed E-state index contributed by atoms with van der Waals surface area (Å²) in [5, 5.41) is 10.8. The van der Waals surface area contributed by atoms with Crippen molar-refractivity contribution < 1.29 is 18.4 Å². The van der Waals surface area contributed by atoms with Crippen LogP contribution in [0.2, 0.25) is 0 Å². The molecule has 0 radical (unpaired) electrons. The molecule has 2 aromatic rings. The van der Waals surface area contributed by atoms with Crippen molar-refractivity contribution in [1.29, 1.82) is 0 Å². The summed E-state index contributed by atoms with van der Waals surface area (Å²) in [7, 11) is 0. The normalized spacial score (nSPS) is 10.3. The maximum absolute atomic E-state index is 13.4. The number of halogens is 3.